The highest BCUT2D eigenvalue weighted by Crippen LogP contribution is 2.38. The van der Waals surface area contributed by atoms with Crippen molar-refractivity contribution in [1.82, 2.24) is 0 Å². The molecule has 4 heteroatoms. The third-order valence-electron chi connectivity index (χ3n) is 4.04. The van der Waals surface area contributed by atoms with E-state index in [4.69, 9.17) is 15.2 Å². The van der Waals surface area contributed by atoms with Crippen LogP contribution in [0.3, 0.4) is 0 Å². The van der Waals surface area contributed by atoms with Crippen molar-refractivity contribution in [2.45, 2.75) is 25.9 Å². The molecule has 100 valence electrons. The number of benzene rings is 1. The van der Waals surface area contributed by atoms with Crippen molar-refractivity contribution in [2.24, 2.45) is 11.1 Å². The van der Waals surface area contributed by atoms with Crippen LogP contribution in [0.1, 0.15) is 18.9 Å². The van der Waals surface area contributed by atoms with E-state index in [1.54, 1.807) is 12.1 Å². The summed E-state index contributed by atoms with van der Waals surface area (Å²) in [4.78, 5) is 0. The topological polar surface area (TPSA) is 44.5 Å². The smallest absolute Gasteiger partial charge is 0.168 e. The number of hydrogen-bond donors (Lipinski definition) is 1. The number of rotatable bonds is 4. The SMILES string of the molecule is COc1cccc(CC2(CN)CCOC2C)c1F. The molecule has 18 heavy (non-hydrogen) atoms. The Morgan fingerprint density at radius 3 is 2.89 bits per heavy atom. The molecular formula is C14H20FNO2. The fourth-order valence-corrected chi connectivity index (χ4v) is 2.62. The van der Waals surface area contributed by atoms with Crippen LogP contribution < -0.4 is 10.5 Å². The molecule has 2 atom stereocenters. The van der Waals surface area contributed by atoms with Gasteiger partial charge >= 0.3 is 0 Å². The molecule has 2 rings (SSSR count). The van der Waals surface area contributed by atoms with E-state index < -0.39 is 0 Å². The molecule has 1 aromatic rings. The van der Waals surface area contributed by atoms with Crippen molar-refractivity contribution in [1.29, 1.82) is 0 Å². The second kappa shape index (κ2) is 5.24. The third-order valence-corrected chi connectivity index (χ3v) is 4.04. The molecule has 0 saturated carbocycles. The number of ether oxygens (including phenoxy) is 2. The molecule has 0 radical (unpaired) electrons. The molecule has 1 heterocycles. The average molecular weight is 253 g/mol. The van der Waals surface area contributed by atoms with Gasteiger partial charge in [-0.3, -0.25) is 0 Å². The predicted molar refractivity (Wildman–Crippen MR) is 68.2 cm³/mol. The van der Waals surface area contributed by atoms with Crippen LogP contribution in [0, 0.1) is 11.2 Å². The quantitative estimate of drug-likeness (QED) is 0.894. The summed E-state index contributed by atoms with van der Waals surface area (Å²) in [5.41, 5.74) is 6.38. The second-order valence-electron chi connectivity index (χ2n) is 4.94. The van der Waals surface area contributed by atoms with Gasteiger partial charge in [-0.05, 0) is 31.4 Å². The fourth-order valence-electron chi connectivity index (χ4n) is 2.62. The van der Waals surface area contributed by atoms with Crippen molar-refractivity contribution < 1.29 is 13.9 Å². The molecule has 3 nitrogen and oxygen atoms in total. The summed E-state index contributed by atoms with van der Waals surface area (Å²) in [5, 5.41) is 0. The van der Waals surface area contributed by atoms with Crippen LogP contribution in [-0.2, 0) is 11.2 Å². The first kappa shape index (κ1) is 13.3. The second-order valence-corrected chi connectivity index (χ2v) is 4.94. The summed E-state index contributed by atoms with van der Waals surface area (Å²) >= 11 is 0. The number of nitrogens with two attached hydrogens (primary N) is 1. The molecule has 0 bridgehead atoms. The zero-order valence-electron chi connectivity index (χ0n) is 10.9. The predicted octanol–water partition coefficient (Wildman–Crippen LogP) is 2.13. The highest BCUT2D eigenvalue weighted by atomic mass is 19.1. The third kappa shape index (κ3) is 2.22. The molecule has 2 N–H and O–H groups in total. The summed E-state index contributed by atoms with van der Waals surface area (Å²) < 4.78 is 24.8. The average Bonchev–Trinajstić information content (AvgIpc) is 2.74. The van der Waals surface area contributed by atoms with Crippen LogP contribution in [0.2, 0.25) is 0 Å². The van der Waals surface area contributed by atoms with Crippen LogP contribution in [-0.4, -0.2) is 26.4 Å². The summed E-state index contributed by atoms with van der Waals surface area (Å²) in [7, 11) is 1.47. The van der Waals surface area contributed by atoms with Gasteiger partial charge in [0.1, 0.15) is 0 Å². The first-order valence-corrected chi connectivity index (χ1v) is 6.26. The minimum Gasteiger partial charge on any atom is -0.494 e. The van der Waals surface area contributed by atoms with E-state index >= 15 is 0 Å². The zero-order valence-corrected chi connectivity index (χ0v) is 10.9. The molecule has 1 saturated heterocycles. The van der Waals surface area contributed by atoms with Gasteiger partial charge in [0.2, 0.25) is 0 Å². The minimum absolute atomic E-state index is 0.0631. The number of hydrogen-bond acceptors (Lipinski definition) is 3. The maximum Gasteiger partial charge on any atom is 0.168 e. The molecule has 1 aliphatic rings. The molecule has 0 aromatic heterocycles. The van der Waals surface area contributed by atoms with Crippen molar-refractivity contribution in [2.75, 3.05) is 20.3 Å². The van der Waals surface area contributed by atoms with Gasteiger partial charge in [0, 0.05) is 18.6 Å². The Bertz CT molecular complexity index is 424. The largest absolute Gasteiger partial charge is 0.494 e. The van der Waals surface area contributed by atoms with Gasteiger partial charge in [-0.1, -0.05) is 12.1 Å². The Labute approximate surface area is 107 Å². The molecule has 0 spiro atoms. The van der Waals surface area contributed by atoms with Gasteiger partial charge in [0.25, 0.3) is 0 Å². The van der Waals surface area contributed by atoms with Crippen molar-refractivity contribution in [3.8, 4) is 5.75 Å². The maximum absolute atomic E-state index is 14.2. The lowest BCUT2D eigenvalue weighted by molar-refractivity contribution is 0.0669. The van der Waals surface area contributed by atoms with E-state index in [9.17, 15) is 4.39 Å². The lowest BCUT2D eigenvalue weighted by atomic mass is 9.76. The Morgan fingerprint density at radius 2 is 2.33 bits per heavy atom. The first-order chi connectivity index (χ1) is 8.63. The first-order valence-electron chi connectivity index (χ1n) is 6.26. The van der Waals surface area contributed by atoms with E-state index in [1.165, 1.54) is 7.11 Å². The highest BCUT2D eigenvalue weighted by Gasteiger charge is 2.41. The van der Waals surface area contributed by atoms with Crippen molar-refractivity contribution >= 4 is 0 Å². The van der Waals surface area contributed by atoms with Crippen molar-refractivity contribution in [3.63, 3.8) is 0 Å². The van der Waals surface area contributed by atoms with E-state index in [0.29, 0.717) is 25.1 Å². The Hall–Kier alpha value is -1.13. The van der Waals surface area contributed by atoms with Gasteiger partial charge in [-0.15, -0.1) is 0 Å². The van der Waals surface area contributed by atoms with E-state index in [-0.39, 0.29) is 23.1 Å². The van der Waals surface area contributed by atoms with E-state index in [0.717, 1.165) is 6.42 Å². The van der Waals surface area contributed by atoms with Gasteiger partial charge in [-0.2, -0.15) is 0 Å². The fraction of sp³-hybridized carbons (Fsp3) is 0.571. The number of halogens is 1. The van der Waals surface area contributed by atoms with Crippen LogP contribution in [0.25, 0.3) is 0 Å². The van der Waals surface area contributed by atoms with E-state index in [2.05, 4.69) is 0 Å². The molecule has 1 aliphatic heterocycles. The number of methoxy groups -OCH3 is 1. The lowest BCUT2D eigenvalue weighted by Crippen LogP contribution is -2.39. The van der Waals surface area contributed by atoms with Crippen LogP contribution in [0.15, 0.2) is 18.2 Å². The highest BCUT2D eigenvalue weighted by molar-refractivity contribution is 5.32. The van der Waals surface area contributed by atoms with Crippen LogP contribution >= 0.6 is 0 Å². The Morgan fingerprint density at radius 1 is 1.56 bits per heavy atom. The molecule has 1 aromatic carbocycles. The Kier molecular flexibility index (Phi) is 3.88. The normalized spacial score (nSPS) is 27.4. The maximum atomic E-state index is 14.2. The van der Waals surface area contributed by atoms with Crippen LogP contribution in [0.4, 0.5) is 4.39 Å². The van der Waals surface area contributed by atoms with Crippen molar-refractivity contribution in [3.05, 3.63) is 29.6 Å². The van der Waals surface area contributed by atoms with Crippen LogP contribution in [0.5, 0.6) is 5.75 Å². The van der Waals surface area contributed by atoms with Gasteiger partial charge in [0.05, 0.1) is 13.2 Å². The van der Waals surface area contributed by atoms with E-state index in [1.807, 2.05) is 13.0 Å². The lowest BCUT2D eigenvalue weighted by Gasteiger charge is -2.31. The monoisotopic (exact) mass is 253 g/mol. The molecule has 0 amide bonds. The molecular weight excluding hydrogens is 233 g/mol. The van der Waals surface area contributed by atoms with Gasteiger partial charge in [0.15, 0.2) is 11.6 Å². The standard InChI is InChI=1S/C14H20FNO2/c1-10-14(9-16,6-7-18-10)8-11-4-3-5-12(17-2)13(11)15/h3-5,10H,6-9,16H2,1-2H3. The minimum atomic E-state index is -0.285. The molecule has 1 fully saturated rings. The summed E-state index contributed by atoms with van der Waals surface area (Å²) in [6.07, 6.45) is 1.53. The molecule has 0 aliphatic carbocycles. The summed E-state index contributed by atoms with van der Waals surface area (Å²) in [6, 6.07) is 5.23. The van der Waals surface area contributed by atoms with Gasteiger partial charge < -0.3 is 15.2 Å². The molecule has 2 unspecified atom stereocenters. The van der Waals surface area contributed by atoms with Gasteiger partial charge in [-0.25, -0.2) is 4.39 Å². The summed E-state index contributed by atoms with van der Waals surface area (Å²) in [5.74, 6) is -0.00170. The summed E-state index contributed by atoms with van der Waals surface area (Å²) in [6.45, 7) is 3.21. The zero-order chi connectivity index (χ0) is 13.2. The Balaban J connectivity index is 2.28.